The van der Waals surface area contributed by atoms with E-state index in [0.29, 0.717) is 29.3 Å². The van der Waals surface area contributed by atoms with Crippen molar-refractivity contribution in [3.8, 4) is 0 Å². The molecule has 7 rings (SSSR count). The molecule has 41 heavy (non-hydrogen) atoms. The summed E-state index contributed by atoms with van der Waals surface area (Å²) in [6.07, 6.45) is 2.63. The van der Waals surface area contributed by atoms with E-state index in [-0.39, 0.29) is 36.7 Å². The highest BCUT2D eigenvalue weighted by atomic mass is 127. The molecule has 3 fully saturated rings. The molecule has 1 saturated carbocycles. The molecule has 208 valence electrons. The normalized spacial score (nSPS) is 30.8. The highest BCUT2D eigenvalue weighted by molar-refractivity contribution is 14.1. The summed E-state index contributed by atoms with van der Waals surface area (Å²) < 4.78 is 7.04. The van der Waals surface area contributed by atoms with Crippen molar-refractivity contribution in [1.29, 1.82) is 0 Å². The van der Waals surface area contributed by atoms with Gasteiger partial charge in [-0.2, -0.15) is 0 Å². The zero-order chi connectivity index (χ0) is 28.6. The molecule has 0 radical (unpaired) electrons. The van der Waals surface area contributed by atoms with Gasteiger partial charge in [0, 0.05) is 3.57 Å². The Morgan fingerprint density at radius 2 is 1.59 bits per heavy atom. The lowest BCUT2D eigenvalue weighted by atomic mass is 9.52. The van der Waals surface area contributed by atoms with E-state index in [9.17, 15) is 24.3 Å². The second kappa shape index (κ2) is 9.49. The number of rotatable bonds is 4. The summed E-state index contributed by atoms with van der Waals surface area (Å²) in [6.45, 7) is 1.51. The lowest BCUT2D eigenvalue weighted by Gasteiger charge is -2.48. The maximum atomic E-state index is 14.3. The number of hydrogen-bond acceptors (Lipinski definition) is 6. The minimum Gasteiger partial charge on any atom is -0.463 e. The highest BCUT2D eigenvalue weighted by Crippen LogP contribution is 2.63. The molecule has 2 aliphatic heterocycles. The Balaban J connectivity index is 1.35. The quantitative estimate of drug-likeness (QED) is 0.244. The van der Waals surface area contributed by atoms with Crippen molar-refractivity contribution in [1.82, 2.24) is 0 Å². The SMILES string of the molecule is C[C@@]12C(=O)N(c3ccccc3)C(=O)[C@@H]1C[C@@H]1C(=CC[C@@H]3C(=O)N(c4ccc(I)cc4)C(=O)[C@@H]31)[C@@H]2c1ccc(CO)o1. The molecule has 8 nitrogen and oxygen atoms in total. The van der Waals surface area contributed by atoms with Crippen molar-refractivity contribution in [3.63, 3.8) is 0 Å². The number of fused-ring (bicyclic) bond motifs is 4. The Kier molecular flexibility index (Phi) is 6.09. The Bertz CT molecular complexity index is 1630. The van der Waals surface area contributed by atoms with Gasteiger partial charge in [0.2, 0.25) is 23.6 Å². The van der Waals surface area contributed by atoms with Crippen LogP contribution in [0.3, 0.4) is 0 Å². The van der Waals surface area contributed by atoms with Crippen LogP contribution in [0.4, 0.5) is 11.4 Å². The van der Waals surface area contributed by atoms with Gasteiger partial charge in [0.25, 0.3) is 0 Å². The molecule has 0 bridgehead atoms. The van der Waals surface area contributed by atoms with E-state index in [1.165, 1.54) is 9.80 Å². The standard InChI is InChI=1S/C32H27IN2O6/c1-32-24(29(38)35(31(32)40)18-5-3-2-4-6-18)15-23-21(27(32)25-14-11-20(16-36)41-25)12-13-22-26(23)30(39)34(28(22)37)19-9-7-17(33)8-10-19/h2-12,14,22-24,26-27,36H,13,15-16H2,1H3/t22-,23+,24-,26-,27+,32+/m0/s1. The monoisotopic (exact) mass is 662 g/mol. The molecule has 0 unspecified atom stereocenters. The second-order valence-corrected chi connectivity index (χ2v) is 12.7. The molecule has 1 N–H and O–H groups in total. The zero-order valence-electron chi connectivity index (χ0n) is 22.2. The molecule has 4 aliphatic rings. The first kappa shape index (κ1) is 26.3. The number of anilines is 2. The number of allylic oxidation sites excluding steroid dienone is 2. The first-order valence-electron chi connectivity index (χ1n) is 13.7. The molecule has 0 spiro atoms. The number of halogens is 1. The van der Waals surface area contributed by atoms with E-state index in [2.05, 4.69) is 22.6 Å². The van der Waals surface area contributed by atoms with E-state index in [1.807, 2.05) is 31.2 Å². The number of hydrogen-bond donors (Lipinski definition) is 1. The third-order valence-corrected chi connectivity index (χ3v) is 10.2. The van der Waals surface area contributed by atoms with Crippen molar-refractivity contribution >= 4 is 57.6 Å². The van der Waals surface area contributed by atoms with Crippen LogP contribution in [0.5, 0.6) is 0 Å². The molecule has 4 amide bonds. The van der Waals surface area contributed by atoms with Gasteiger partial charge >= 0.3 is 0 Å². The van der Waals surface area contributed by atoms with Gasteiger partial charge in [-0.1, -0.05) is 29.8 Å². The topological polar surface area (TPSA) is 108 Å². The molecule has 2 aromatic carbocycles. The van der Waals surface area contributed by atoms with Crippen LogP contribution < -0.4 is 9.80 Å². The van der Waals surface area contributed by atoms with Gasteiger partial charge in [0.05, 0.1) is 40.5 Å². The van der Waals surface area contributed by atoms with Crippen molar-refractivity contribution in [3.05, 3.63) is 93.5 Å². The van der Waals surface area contributed by atoms with E-state index in [4.69, 9.17) is 4.42 Å². The average Bonchev–Trinajstić information content (AvgIpc) is 3.61. The Hall–Kier alpha value is -3.57. The number of furan rings is 1. The number of benzene rings is 2. The van der Waals surface area contributed by atoms with Crippen LogP contribution in [0.15, 0.2) is 82.8 Å². The number of aliphatic hydroxyl groups excluding tert-OH is 1. The van der Waals surface area contributed by atoms with Crippen LogP contribution in [-0.4, -0.2) is 28.7 Å². The van der Waals surface area contributed by atoms with Gasteiger partial charge in [-0.05, 0) is 96.8 Å². The van der Waals surface area contributed by atoms with Crippen LogP contribution in [0, 0.1) is 32.7 Å². The van der Waals surface area contributed by atoms with E-state index in [1.54, 1.807) is 48.5 Å². The van der Waals surface area contributed by atoms with Gasteiger partial charge < -0.3 is 9.52 Å². The molecule has 6 atom stereocenters. The largest absolute Gasteiger partial charge is 0.463 e. The molecular weight excluding hydrogens is 635 g/mol. The number of imide groups is 2. The third-order valence-electron chi connectivity index (χ3n) is 9.50. The molecular formula is C32H27IN2O6. The van der Waals surface area contributed by atoms with Crippen molar-refractivity contribution in [2.45, 2.75) is 32.3 Å². The fourth-order valence-corrected chi connectivity index (χ4v) is 7.98. The first-order chi connectivity index (χ1) is 19.8. The van der Waals surface area contributed by atoms with Gasteiger partial charge in [-0.3, -0.25) is 24.1 Å². The van der Waals surface area contributed by atoms with Crippen LogP contribution in [-0.2, 0) is 25.8 Å². The number of amides is 4. The first-order valence-corrected chi connectivity index (χ1v) is 14.8. The third kappa shape index (κ3) is 3.67. The van der Waals surface area contributed by atoms with Crippen molar-refractivity contribution < 1.29 is 28.7 Å². The van der Waals surface area contributed by atoms with Crippen LogP contribution in [0.1, 0.15) is 37.2 Å². The minimum absolute atomic E-state index is 0.235. The maximum absolute atomic E-state index is 14.3. The minimum atomic E-state index is -1.17. The van der Waals surface area contributed by atoms with E-state index >= 15 is 0 Å². The number of carbonyl (C=O) groups is 4. The van der Waals surface area contributed by atoms with Crippen LogP contribution in [0.2, 0.25) is 0 Å². The van der Waals surface area contributed by atoms with Crippen LogP contribution in [0.25, 0.3) is 0 Å². The lowest BCUT2D eigenvalue weighted by molar-refractivity contribution is -0.131. The zero-order valence-corrected chi connectivity index (χ0v) is 24.4. The fraction of sp³-hybridized carbons (Fsp3) is 0.312. The van der Waals surface area contributed by atoms with Gasteiger partial charge in [0.15, 0.2) is 0 Å². The van der Waals surface area contributed by atoms with Crippen molar-refractivity contribution in [2.75, 3.05) is 9.80 Å². The predicted octanol–water partition coefficient (Wildman–Crippen LogP) is 4.81. The van der Waals surface area contributed by atoms with E-state index in [0.717, 1.165) is 9.14 Å². The summed E-state index contributed by atoms with van der Waals surface area (Å²) in [4.78, 5) is 58.6. The second-order valence-electron chi connectivity index (χ2n) is 11.4. The number of carbonyl (C=O) groups excluding carboxylic acids is 4. The molecule has 3 heterocycles. The molecule has 2 aliphatic carbocycles. The summed E-state index contributed by atoms with van der Waals surface area (Å²) in [5.74, 6) is -3.27. The van der Waals surface area contributed by atoms with E-state index < -0.39 is 35.0 Å². The van der Waals surface area contributed by atoms with Gasteiger partial charge in [-0.25, -0.2) is 4.90 Å². The van der Waals surface area contributed by atoms with Crippen molar-refractivity contribution in [2.24, 2.45) is 29.1 Å². The summed E-state index contributed by atoms with van der Waals surface area (Å²) >= 11 is 2.18. The number of nitrogens with zero attached hydrogens (tertiary/aromatic N) is 2. The Morgan fingerprint density at radius 3 is 2.27 bits per heavy atom. The molecule has 9 heteroatoms. The Labute approximate surface area is 250 Å². The molecule has 3 aromatic rings. The maximum Gasteiger partial charge on any atom is 0.241 e. The summed E-state index contributed by atoms with van der Waals surface area (Å²) in [5, 5.41) is 9.73. The van der Waals surface area contributed by atoms with Gasteiger partial charge in [-0.15, -0.1) is 0 Å². The highest BCUT2D eigenvalue weighted by Gasteiger charge is 2.68. The lowest BCUT2D eigenvalue weighted by Crippen LogP contribution is -2.48. The summed E-state index contributed by atoms with van der Waals surface area (Å²) in [6, 6.07) is 19.6. The molecule has 2 saturated heterocycles. The Morgan fingerprint density at radius 1 is 0.878 bits per heavy atom. The number of aliphatic hydroxyl groups is 1. The van der Waals surface area contributed by atoms with Crippen LogP contribution >= 0.6 is 22.6 Å². The average molecular weight is 662 g/mol. The van der Waals surface area contributed by atoms with Gasteiger partial charge in [0.1, 0.15) is 18.1 Å². The smallest absolute Gasteiger partial charge is 0.241 e. The number of para-hydroxylation sites is 1. The molecule has 1 aromatic heterocycles. The summed E-state index contributed by atoms with van der Waals surface area (Å²) in [5.41, 5.74) is 0.716. The summed E-state index contributed by atoms with van der Waals surface area (Å²) in [7, 11) is 0. The fourth-order valence-electron chi connectivity index (χ4n) is 7.62. The predicted molar refractivity (Wildman–Crippen MR) is 157 cm³/mol.